The summed E-state index contributed by atoms with van der Waals surface area (Å²) in [7, 11) is -3.76. The van der Waals surface area contributed by atoms with Crippen molar-refractivity contribution in [2.75, 3.05) is 25.4 Å². The fourth-order valence-electron chi connectivity index (χ4n) is 2.58. The molecule has 0 bridgehead atoms. The fourth-order valence-corrected chi connectivity index (χ4v) is 4.83. The van der Waals surface area contributed by atoms with E-state index in [0.717, 1.165) is 25.9 Å². The first kappa shape index (κ1) is 16.8. The average Bonchev–Trinajstić information content (AvgIpc) is 2.36. The molecule has 0 amide bonds. The van der Waals surface area contributed by atoms with Crippen molar-refractivity contribution in [1.29, 1.82) is 0 Å². The van der Waals surface area contributed by atoms with Gasteiger partial charge in [0.15, 0.2) is 0 Å². The number of likely N-dealkylation sites (N-methyl/N-ethyl adjacent to an activating group) is 1. The summed E-state index contributed by atoms with van der Waals surface area (Å²) in [4.78, 5) is 2.12. The average molecular weight is 352 g/mol. The van der Waals surface area contributed by atoms with E-state index < -0.39 is 10.0 Å². The molecule has 21 heavy (non-hydrogen) atoms. The molecule has 8 heteroatoms. The molecule has 1 atom stereocenters. The molecule has 1 aliphatic heterocycles. The molecule has 1 aromatic carbocycles. The second kappa shape index (κ2) is 6.71. The summed E-state index contributed by atoms with van der Waals surface area (Å²) in [6.45, 7) is 4.66. The van der Waals surface area contributed by atoms with Crippen LogP contribution in [0.2, 0.25) is 10.0 Å². The monoisotopic (exact) mass is 351 g/mol. The minimum atomic E-state index is -3.76. The molecular formula is C13H19Cl2N3O2S. The Morgan fingerprint density at radius 3 is 2.76 bits per heavy atom. The number of anilines is 1. The number of rotatable bonds is 4. The van der Waals surface area contributed by atoms with E-state index in [2.05, 4.69) is 16.5 Å². The van der Waals surface area contributed by atoms with Gasteiger partial charge in [-0.25, -0.2) is 13.1 Å². The van der Waals surface area contributed by atoms with Crippen LogP contribution in [0.5, 0.6) is 0 Å². The molecular weight excluding hydrogens is 333 g/mol. The van der Waals surface area contributed by atoms with Gasteiger partial charge in [-0.1, -0.05) is 30.1 Å². The highest BCUT2D eigenvalue weighted by molar-refractivity contribution is 7.89. The first-order valence-electron chi connectivity index (χ1n) is 6.82. The van der Waals surface area contributed by atoms with Gasteiger partial charge in [-0.3, -0.25) is 0 Å². The van der Waals surface area contributed by atoms with E-state index in [4.69, 9.17) is 28.9 Å². The lowest BCUT2D eigenvalue weighted by atomic mass is 10.1. The summed E-state index contributed by atoms with van der Waals surface area (Å²) in [6, 6.07) is 2.64. The largest absolute Gasteiger partial charge is 0.398 e. The zero-order valence-electron chi connectivity index (χ0n) is 11.8. The van der Waals surface area contributed by atoms with Crippen LogP contribution in [0, 0.1) is 0 Å². The number of nitrogens with zero attached hydrogens (tertiary/aromatic N) is 1. The maximum Gasteiger partial charge on any atom is 0.244 e. The van der Waals surface area contributed by atoms with Crippen molar-refractivity contribution in [3.63, 3.8) is 0 Å². The van der Waals surface area contributed by atoms with Crippen molar-refractivity contribution in [3.05, 3.63) is 22.2 Å². The summed E-state index contributed by atoms with van der Waals surface area (Å²) in [5.41, 5.74) is 5.83. The fraction of sp³-hybridized carbons (Fsp3) is 0.538. The van der Waals surface area contributed by atoms with E-state index in [1.807, 2.05) is 0 Å². The van der Waals surface area contributed by atoms with Crippen molar-refractivity contribution in [2.45, 2.75) is 30.7 Å². The predicted octanol–water partition coefficient (Wildman–Crippen LogP) is 2.34. The Balaban J connectivity index is 2.23. The highest BCUT2D eigenvalue weighted by Gasteiger charge is 2.27. The first-order chi connectivity index (χ1) is 9.83. The number of sulfonamides is 1. The van der Waals surface area contributed by atoms with E-state index >= 15 is 0 Å². The maximum atomic E-state index is 12.5. The molecule has 1 aliphatic rings. The number of nitrogens with one attached hydrogen (secondary N) is 1. The maximum absolute atomic E-state index is 12.5. The van der Waals surface area contributed by atoms with Gasteiger partial charge >= 0.3 is 0 Å². The molecule has 2 rings (SSSR count). The quantitative estimate of drug-likeness (QED) is 0.816. The van der Waals surface area contributed by atoms with Gasteiger partial charge in [0.05, 0.1) is 10.7 Å². The molecule has 118 valence electrons. The molecule has 1 aromatic rings. The third kappa shape index (κ3) is 4.02. The zero-order valence-corrected chi connectivity index (χ0v) is 14.1. The molecule has 0 aliphatic carbocycles. The van der Waals surface area contributed by atoms with Crippen LogP contribution in [0.1, 0.15) is 19.8 Å². The number of piperidine rings is 1. The molecule has 3 N–H and O–H groups in total. The summed E-state index contributed by atoms with van der Waals surface area (Å²) >= 11 is 11.8. The number of hydrogen-bond acceptors (Lipinski definition) is 4. The standard InChI is InChI=1S/C13H19Cl2N3O2S/c1-2-18-5-3-4-10(8-18)17-21(19,20)13-11(15)6-9(14)7-12(13)16/h6-7,10,17H,2-5,8,16H2,1H3. The van der Waals surface area contributed by atoms with Gasteiger partial charge in [0.25, 0.3) is 0 Å². The van der Waals surface area contributed by atoms with E-state index in [9.17, 15) is 8.42 Å². The van der Waals surface area contributed by atoms with Crippen molar-refractivity contribution in [2.24, 2.45) is 0 Å². The van der Waals surface area contributed by atoms with Gasteiger partial charge in [-0.2, -0.15) is 0 Å². The Hall–Kier alpha value is -0.530. The van der Waals surface area contributed by atoms with E-state index in [1.165, 1.54) is 12.1 Å². The van der Waals surface area contributed by atoms with Gasteiger partial charge in [0, 0.05) is 17.6 Å². The number of likely N-dealkylation sites (tertiary alicyclic amines) is 1. The third-order valence-electron chi connectivity index (χ3n) is 3.58. The highest BCUT2D eigenvalue weighted by atomic mass is 35.5. The second-order valence-corrected chi connectivity index (χ2v) is 7.65. The van der Waals surface area contributed by atoms with Gasteiger partial charge in [0.2, 0.25) is 10.0 Å². The smallest absolute Gasteiger partial charge is 0.244 e. The van der Waals surface area contributed by atoms with Crippen molar-refractivity contribution in [1.82, 2.24) is 9.62 Å². The minimum absolute atomic E-state index is 0.0376. The molecule has 1 heterocycles. The van der Waals surface area contributed by atoms with Crippen LogP contribution in [-0.2, 0) is 10.0 Å². The van der Waals surface area contributed by atoms with Gasteiger partial charge < -0.3 is 10.6 Å². The van der Waals surface area contributed by atoms with Crippen LogP contribution in [0.15, 0.2) is 17.0 Å². The van der Waals surface area contributed by atoms with Crippen molar-refractivity contribution >= 4 is 38.9 Å². The SMILES string of the molecule is CCN1CCCC(NS(=O)(=O)c2c(N)cc(Cl)cc2Cl)C1. The summed E-state index contributed by atoms with van der Waals surface area (Å²) in [5, 5.41) is 0.349. The minimum Gasteiger partial charge on any atom is -0.398 e. The Morgan fingerprint density at radius 2 is 2.14 bits per heavy atom. The lowest BCUT2D eigenvalue weighted by Crippen LogP contribution is -2.47. The van der Waals surface area contributed by atoms with Crippen LogP contribution >= 0.6 is 23.2 Å². The number of nitrogens with two attached hydrogens (primary N) is 1. The third-order valence-corrected chi connectivity index (χ3v) is 5.85. The van der Waals surface area contributed by atoms with Crippen molar-refractivity contribution < 1.29 is 8.42 Å². The number of benzene rings is 1. The van der Waals surface area contributed by atoms with Gasteiger partial charge in [0.1, 0.15) is 4.90 Å². The zero-order chi connectivity index (χ0) is 15.6. The van der Waals surface area contributed by atoms with E-state index in [-0.39, 0.29) is 21.6 Å². The molecule has 0 radical (unpaired) electrons. The summed E-state index contributed by atoms with van der Waals surface area (Å²) in [6.07, 6.45) is 1.77. The molecule has 1 fully saturated rings. The number of halogens is 2. The number of nitrogen functional groups attached to an aromatic ring is 1. The Morgan fingerprint density at radius 1 is 1.43 bits per heavy atom. The van der Waals surface area contributed by atoms with Crippen LogP contribution in [0.3, 0.4) is 0 Å². The van der Waals surface area contributed by atoms with Crippen molar-refractivity contribution in [3.8, 4) is 0 Å². The molecule has 1 saturated heterocycles. The van der Waals surface area contributed by atoms with E-state index in [0.29, 0.717) is 11.6 Å². The molecule has 0 spiro atoms. The molecule has 1 unspecified atom stereocenters. The lowest BCUT2D eigenvalue weighted by molar-refractivity contribution is 0.211. The summed E-state index contributed by atoms with van der Waals surface area (Å²) < 4.78 is 27.7. The molecule has 0 saturated carbocycles. The van der Waals surface area contributed by atoms with Crippen LogP contribution in [-0.4, -0.2) is 39.0 Å². The first-order valence-corrected chi connectivity index (χ1v) is 9.06. The van der Waals surface area contributed by atoms with Crippen LogP contribution in [0.25, 0.3) is 0 Å². The lowest BCUT2D eigenvalue weighted by Gasteiger charge is -2.32. The molecule has 0 aromatic heterocycles. The Kier molecular flexibility index (Phi) is 5.38. The van der Waals surface area contributed by atoms with Crippen LogP contribution < -0.4 is 10.5 Å². The number of hydrogen-bond donors (Lipinski definition) is 2. The highest BCUT2D eigenvalue weighted by Crippen LogP contribution is 2.31. The molecule has 5 nitrogen and oxygen atoms in total. The summed E-state index contributed by atoms with van der Waals surface area (Å²) in [5.74, 6) is 0. The Labute approximate surface area is 135 Å². The van der Waals surface area contributed by atoms with Gasteiger partial charge in [-0.15, -0.1) is 0 Å². The second-order valence-electron chi connectivity index (χ2n) is 5.16. The van der Waals surface area contributed by atoms with Crippen LogP contribution in [0.4, 0.5) is 5.69 Å². The predicted molar refractivity (Wildman–Crippen MR) is 86.3 cm³/mol. The topological polar surface area (TPSA) is 75.4 Å². The Bertz CT molecular complexity index is 599. The van der Waals surface area contributed by atoms with Gasteiger partial charge in [-0.05, 0) is 38.1 Å². The van der Waals surface area contributed by atoms with E-state index in [1.54, 1.807) is 0 Å². The normalized spacial score (nSPS) is 20.6.